The molecule has 0 aromatic heterocycles. The molecular weight excluding hydrogens is 250 g/mol. The van der Waals surface area contributed by atoms with Gasteiger partial charge in [-0.1, -0.05) is 0 Å². The van der Waals surface area contributed by atoms with Gasteiger partial charge >= 0.3 is 6.09 Å². The van der Waals surface area contributed by atoms with Gasteiger partial charge in [-0.2, -0.15) is 0 Å². The summed E-state index contributed by atoms with van der Waals surface area (Å²) < 4.78 is 16.4. The van der Waals surface area contributed by atoms with Gasteiger partial charge in [0.05, 0.1) is 25.4 Å². The van der Waals surface area contributed by atoms with Crippen LogP contribution in [0, 0.1) is 0 Å². The lowest BCUT2D eigenvalue weighted by Crippen LogP contribution is -2.53. The minimum atomic E-state index is -0.640. The number of aliphatic hydroxyl groups excluding tert-OH is 1. The average Bonchev–Trinajstić information content (AvgIpc) is 2.70. The van der Waals surface area contributed by atoms with E-state index in [1.54, 1.807) is 20.8 Å². The number of ether oxygens (including phenoxy) is 3. The van der Waals surface area contributed by atoms with Crippen LogP contribution >= 0.6 is 0 Å². The van der Waals surface area contributed by atoms with Crippen LogP contribution in [0.2, 0.25) is 0 Å². The normalized spacial score (nSPS) is 30.3. The highest BCUT2D eigenvalue weighted by molar-refractivity contribution is 5.68. The maximum Gasteiger partial charge on any atom is 0.407 e. The number of aliphatic hydroxyl groups is 1. The Morgan fingerprint density at radius 1 is 1.37 bits per heavy atom. The smallest absolute Gasteiger partial charge is 0.407 e. The third kappa shape index (κ3) is 3.81. The van der Waals surface area contributed by atoms with E-state index < -0.39 is 29.6 Å². The summed E-state index contributed by atoms with van der Waals surface area (Å²) in [6.07, 6.45) is 0.534. The SMILES string of the molecule is CC(C)(C)OC(=O)NC1CC2(CCC1O)OCCO2. The number of hydrogen-bond donors (Lipinski definition) is 2. The molecule has 2 atom stereocenters. The predicted octanol–water partition coefficient (Wildman–Crippen LogP) is 1.17. The van der Waals surface area contributed by atoms with Gasteiger partial charge in [0.25, 0.3) is 0 Å². The summed E-state index contributed by atoms with van der Waals surface area (Å²) in [5.41, 5.74) is -0.554. The number of rotatable bonds is 1. The van der Waals surface area contributed by atoms with E-state index in [0.29, 0.717) is 32.5 Å². The van der Waals surface area contributed by atoms with Crippen LogP contribution in [0.5, 0.6) is 0 Å². The quantitative estimate of drug-likeness (QED) is 0.750. The Balaban J connectivity index is 1.92. The third-order valence-corrected chi connectivity index (χ3v) is 3.33. The van der Waals surface area contributed by atoms with E-state index in [4.69, 9.17) is 14.2 Å². The van der Waals surface area contributed by atoms with Crippen LogP contribution in [0.4, 0.5) is 4.79 Å². The second-order valence-electron chi connectivity index (χ2n) is 6.17. The molecule has 0 bridgehead atoms. The Labute approximate surface area is 113 Å². The Hall–Kier alpha value is -0.850. The van der Waals surface area contributed by atoms with Crippen LogP contribution < -0.4 is 5.32 Å². The fourth-order valence-electron chi connectivity index (χ4n) is 2.51. The zero-order valence-electron chi connectivity index (χ0n) is 11.8. The van der Waals surface area contributed by atoms with Gasteiger partial charge in [-0.05, 0) is 27.2 Å². The van der Waals surface area contributed by atoms with Crippen molar-refractivity contribution in [2.75, 3.05) is 13.2 Å². The monoisotopic (exact) mass is 273 g/mol. The summed E-state index contributed by atoms with van der Waals surface area (Å²) in [6.45, 7) is 6.53. The summed E-state index contributed by atoms with van der Waals surface area (Å²) in [7, 11) is 0. The first-order valence-corrected chi connectivity index (χ1v) is 6.75. The van der Waals surface area contributed by atoms with Crippen molar-refractivity contribution in [1.29, 1.82) is 0 Å². The number of carbonyl (C=O) groups is 1. The molecule has 2 unspecified atom stereocenters. The van der Waals surface area contributed by atoms with Crippen LogP contribution in [0.25, 0.3) is 0 Å². The molecule has 1 heterocycles. The average molecular weight is 273 g/mol. The molecule has 2 rings (SSSR count). The highest BCUT2D eigenvalue weighted by atomic mass is 16.7. The molecule has 1 aliphatic heterocycles. The van der Waals surface area contributed by atoms with Gasteiger partial charge in [0.2, 0.25) is 0 Å². The summed E-state index contributed by atoms with van der Waals surface area (Å²) in [5.74, 6) is -0.640. The van der Waals surface area contributed by atoms with Crippen molar-refractivity contribution in [3.63, 3.8) is 0 Å². The molecule has 0 aromatic rings. The van der Waals surface area contributed by atoms with Crippen molar-refractivity contribution in [2.24, 2.45) is 0 Å². The van der Waals surface area contributed by atoms with E-state index in [0.717, 1.165) is 0 Å². The number of amides is 1. The van der Waals surface area contributed by atoms with E-state index in [9.17, 15) is 9.90 Å². The van der Waals surface area contributed by atoms with Crippen LogP contribution in [0.3, 0.4) is 0 Å². The van der Waals surface area contributed by atoms with Crippen LogP contribution in [-0.4, -0.2) is 47.9 Å². The second kappa shape index (κ2) is 5.26. The number of hydrogen-bond acceptors (Lipinski definition) is 5. The minimum absolute atomic E-state index is 0.401. The molecule has 0 radical (unpaired) electrons. The summed E-state index contributed by atoms with van der Waals surface area (Å²) in [5, 5.41) is 12.7. The summed E-state index contributed by atoms with van der Waals surface area (Å²) in [4.78, 5) is 11.7. The first-order chi connectivity index (χ1) is 8.80. The number of alkyl carbamates (subject to hydrolysis) is 1. The van der Waals surface area contributed by atoms with Gasteiger partial charge < -0.3 is 24.6 Å². The van der Waals surface area contributed by atoms with Crippen LogP contribution in [0.1, 0.15) is 40.0 Å². The maximum atomic E-state index is 11.7. The van der Waals surface area contributed by atoms with Gasteiger partial charge in [-0.25, -0.2) is 4.79 Å². The third-order valence-electron chi connectivity index (χ3n) is 3.33. The topological polar surface area (TPSA) is 77.0 Å². The van der Waals surface area contributed by atoms with Gasteiger partial charge in [-0.3, -0.25) is 0 Å². The molecule has 6 nitrogen and oxygen atoms in total. The molecule has 1 saturated carbocycles. The molecule has 6 heteroatoms. The van der Waals surface area contributed by atoms with Crippen molar-refractivity contribution < 1.29 is 24.1 Å². The van der Waals surface area contributed by atoms with Crippen molar-refractivity contribution in [3.8, 4) is 0 Å². The van der Waals surface area contributed by atoms with Crippen molar-refractivity contribution in [2.45, 2.75) is 63.6 Å². The highest BCUT2D eigenvalue weighted by Crippen LogP contribution is 2.36. The first-order valence-electron chi connectivity index (χ1n) is 6.75. The lowest BCUT2D eigenvalue weighted by molar-refractivity contribution is -0.194. The molecule has 1 aliphatic carbocycles. The Bertz CT molecular complexity index is 332. The standard InChI is InChI=1S/C13H23NO5/c1-12(2,3)19-11(16)14-9-8-13(5-4-10(9)15)17-6-7-18-13/h9-10,15H,4-8H2,1-3H3,(H,14,16). The maximum absolute atomic E-state index is 11.7. The molecule has 110 valence electrons. The van der Waals surface area contributed by atoms with E-state index in [-0.39, 0.29) is 0 Å². The Morgan fingerprint density at radius 3 is 2.58 bits per heavy atom. The molecule has 2 fully saturated rings. The van der Waals surface area contributed by atoms with E-state index in [2.05, 4.69) is 5.32 Å². The van der Waals surface area contributed by atoms with Gasteiger partial charge in [-0.15, -0.1) is 0 Å². The molecule has 1 saturated heterocycles. The predicted molar refractivity (Wildman–Crippen MR) is 67.7 cm³/mol. The highest BCUT2D eigenvalue weighted by Gasteiger charge is 2.45. The molecule has 0 aromatic carbocycles. The van der Waals surface area contributed by atoms with Gasteiger partial charge in [0.15, 0.2) is 5.79 Å². The second-order valence-corrected chi connectivity index (χ2v) is 6.17. The Morgan fingerprint density at radius 2 is 2.00 bits per heavy atom. The summed E-state index contributed by atoms with van der Waals surface area (Å²) >= 11 is 0. The lowest BCUT2D eigenvalue weighted by Gasteiger charge is -2.39. The van der Waals surface area contributed by atoms with Crippen molar-refractivity contribution >= 4 is 6.09 Å². The van der Waals surface area contributed by atoms with Gasteiger partial charge in [0.1, 0.15) is 5.60 Å². The molecule has 1 amide bonds. The first kappa shape index (κ1) is 14.6. The molecule has 2 aliphatic rings. The summed E-state index contributed by atoms with van der Waals surface area (Å²) in [6, 6.07) is -0.401. The molecule has 1 spiro atoms. The lowest BCUT2D eigenvalue weighted by atomic mass is 9.87. The molecule has 19 heavy (non-hydrogen) atoms. The molecular formula is C13H23NO5. The largest absolute Gasteiger partial charge is 0.444 e. The number of carbonyl (C=O) groups excluding carboxylic acids is 1. The Kier molecular flexibility index (Phi) is 4.03. The van der Waals surface area contributed by atoms with Gasteiger partial charge in [0, 0.05) is 12.8 Å². The zero-order valence-corrected chi connectivity index (χ0v) is 11.8. The van der Waals surface area contributed by atoms with Crippen LogP contribution in [-0.2, 0) is 14.2 Å². The van der Waals surface area contributed by atoms with E-state index in [1.165, 1.54) is 0 Å². The zero-order chi connectivity index (χ0) is 14.1. The van der Waals surface area contributed by atoms with Crippen molar-refractivity contribution in [3.05, 3.63) is 0 Å². The fraction of sp³-hybridized carbons (Fsp3) is 0.923. The van der Waals surface area contributed by atoms with E-state index in [1.807, 2.05) is 0 Å². The minimum Gasteiger partial charge on any atom is -0.444 e. The number of nitrogens with one attached hydrogen (secondary N) is 1. The fourth-order valence-corrected chi connectivity index (χ4v) is 2.51. The van der Waals surface area contributed by atoms with E-state index >= 15 is 0 Å². The van der Waals surface area contributed by atoms with Crippen molar-refractivity contribution in [1.82, 2.24) is 5.32 Å². The molecule has 2 N–H and O–H groups in total. The van der Waals surface area contributed by atoms with Crippen LogP contribution in [0.15, 0.2) is 0 Å².